The summed E-state index contributed by atoms with van der Waals surface area (Å²) in [5.74, 6) is -0.492. The number of carbonyl (C=O) groups excluding carboxylic acids is 1. The number of aliphatic hydroxyl groups is 1. The van der Waals surface area contributed by atoms with Crippen molar-refractivity contribution in [2.75, 3.05) is 25.6 Å². The van der Waals surface area contributed by atoms with Gasteiger partial charge in [0.25, 0.3) is 0 Å². The van der Waals surface area contributed by atoms with E-state index in [1.165, 1.54) is 0 Å². The van der Waals surface area contributed by atoms with Crippen LogP contribution >= 0.6 is 11.6 Å². The molecule has 0 aliphatic carbocycles. The average Bonchev–Trinajstić information content (AvgIpc) is 2.27. The standard InChI is InChI=1S/C6H9ClO3.C4H11N/c1-2-6(9)10-4-5(8)3-7;1-3-5-4-2/h2,5,8H,1,3-4H2;5H,3-4H2,1-2H3. The summed E-state index contributed by atoms with van der Waals surface area (Å²) >= 11 is 5.21. The molecule has 0 rings (SSSR count). The van der Waals surface area contributed by atoms with E-state index in [2.05, 4.69) is 30.5 Å². The minimum absolute atomic E-state index is 0.0599. The third-order valence-corrected chi connectivity index (χ3v) is 1.62. The van der Waals surface area contributed by atoms with Gasteiger partial charge in [-0.2, -0.15) is 0 Å². The van der Waals surface area contributed by atoms with Crippen LogP contribution in [-0.2, 0) is 9.53 Å². The second-order valence-corrected chi connectivity index (χ2v) is 2.91. The number of alkyl halides is 1. The van der Waals surface area contributed by atoms with Gasteiger partial charge < -0.3 is 15.2 Å². The van der Waals surface area contributed by atoms with Gasteiger partial charge in [-0.1, -0.05) is 20.4 Å². The molecule has 15 heavy (non-hydrogen) atoms. The predicted molar refractivity (Wildman–Crippen MR) is 62.1 cm³/mol. The SMILES string of the molecule is C=CC(=O)OCC(O)CCl.CCNCC. The molecular formula is C10H20ClNO3. The van der Waals surface area contributed by atoms with Crippen molar-refractivity contribution in [3.8, 4) is 0 Å². The highest BCUT2D eigenvalue weighted by Crippen LogP contribution is 1.89. The van der Waals surface area contributed by atoms with Crippen LogP contribution in [0.4, 0.5) is 0 Å². The third-order valence-electron chi connectivity index (χ3n) is 1.26. The molecule has 2 N–H and O–H groups in total. The number of aliphatic hydroxyl groups excluding tert-OH is 1. The van der Waals surface area contributed by atoms with Crippen molar-refractivity contribution >= 4 is 17.6 Å². The number of halogens is 1. The Labute approximate surface area is 96.3 Å². The number of ether oxygens (including phenoxy) is 1. The minimum Gasteiger partial charge on any atom is -0.460 e. The van der Waals surface area contributed by atoms with E-state index in [4.69, 9.17) is 16.7 Å². The Bertz CT molecular complexity index is 163. The Balaban J connectivity index is 0. The molecule has 0 aromatic heterocycles. The lowest BCUT2D eigenvalue weighted by molar-refractivity contribution is -0.140. The highest BCUT2D eigenvalue weighted by Gasteiger charge is 2.03. The highest BCUT2D eigenvalue weighted by molar-refractivity contribution is 6.18. The zero-order valence-electron chi connectivity index (χ0n) is 9.33. The van der Waals surface area contributed by atoms with Crippen molar-refractivity contribution in [1.29, 1.82) is 0 Å². The van der Waals surface area contributed by atoms with Gasteiger partial charge in [0, 0.05) is 6.08 Å². The molecule has 0 aliphatic rings. The summed E-state index contributed by atoms with van der Waals surface area (Å²) in [4.78, 5) is 10.3. The van der Waals surface area contributed by atoms with Gasteiger partial charge in [0.2, 0.25) is 0 Å². The lowest BCUT2D eigenvalue weighted by Crippen LogP contribution is -2.18. The van der Waals surface area contributed by atoms with Gasteiger partial charge >= 0.3 is 5.97 Å². The monoisotopic (exact) mass is 237 g/mol. The Morgan fingerprint density at radius 1 is 1.60 bits per heavy atom. The third kappa shape index (κ3) is 16.1. The predicted octanol–water partition coefficient (Wildman–Crippen LogP) is 0.931. The van der Waals surface area contributed by atoms with Crippen LogP contribution in [-0.4, -0.2) is 42.8 Å². The topological polar surface area (TPSA) is 58.6 Å². The number of hydrogen-bond acceptors (Lipinski definition) is 4. The summed E-state index contributed by atoms with van der Waals surface area (Å²) in [6.45, 7) is 9.49. The van der Waals surface area contributed by atoms with Crippen LogP contribution in [0.5, 0.6) is 0 Å². The van der Waals surface area contributed by atoms with Crippen molar-refractivity contribution in [1.82, 2.24) is 5.32 Å². The normalized spacial score (nSPS) is 10.9. The summed E-state index contributed by atoms with van der Waals surface area (Å²) in [6.07, 6.45) is 0.242. The molecule has 0 aliphatic heterocycles. The fourth-order valence-electron chi connectivity index (χ4n) is 0.532. The first-order valence-corrected chi connectivity index (χ1v) is 5.39. The quantitative estimate of drug-likeness (QED) is 0.410. The van der Waals surface area contributed by atoms with Gasteiger partial charge in [-0.25, -0.2) is 4.79 Å². The van der Waals surface area contributed by atoms with Gasteiger partial charge in [-0.3, -0.25) is 0 Å². The lowest BCUT2D eigenvalue weighted by atomic mass is 10.4. The molecule has 5 heteroatoms. The van der Waals surface area contributed by atoms with Crippen molar-refractivity contribution in [2.45, 2.75) is 20.0 Å². The minimum atomic E-state index is -0.787. The fraction of sp³-hybridized carbons (Fsp3) is 0.700. The molecule has 0 spiro atoms. The van der Waals surface area contributed by atoms with Gasteiger partial charge in [0.05, 0.1) is 5.88 Å². The van der Waals surface area contributed by atoms with Crippen molar-refractivity contribution in [3.63, 3.8) is 0 Å². The summed E-state index contributed by atoms with van der Waals surface area (Å²) in [6, 6.07) is 0. The largest absolute Gasteiger partial charge is 0.460 e. The van der Waals surface area contributed by atoms with E-state index in [1.807, 2.05) is 0 Å². The summed E-state index contributed by atoms with van der Waals surface area (Å²) in [5, 5.41) is 11.9. The molecular weight excluding hydrogens is 218 g/mol. The second kappa shape index (κ2) is 13.4. The second-order valence-electron chi connectivity index (χ2n) is 2.60. The maximum atomic E-state index is 10.3. The van der Waals surface area contributed by atoms with Crippen LogP contribution in [0.3, 0.4) is 0 Å². The van der Waals surface area contributed by atoms with Crippen LogP contribution in [0.1, 0.15) is 13.8 Å². The van der Waals surface area contributed by atoms with Gasteiger partial charge in [-0.05, 0) is 13.1 Å². The number of esters is 1. The average molecular weight is 238 g/mol. The molecule has 90 valence electrons. The van der Waals surface area contributed by atoms with Gasteiger partial charge in [0.1, 0.15) is 12.7 Å². The molecule has 4 nitrogen and oxygen atoms in total. The van der Waals surface area contributed by atoms with E-state index < -0.39 is 12.1 Å². The number of rotatable bonds is 6. The summed E-state index contributed by atoms with van der Waals surface area (Å²) in [7, 11) is 0. The molecule has 0 bridgehead atoms. The van der Waals surface area contributed by atoms with Crippen molar-refractivity contribution in [3.05, 3.63) is 12.7 Å². The Morgan fingerprint density at radius 3 is 2.40 bits per heavy atom. The molecule has 0 fully saturated rings. The van der Waals surface area contributed by atoms with Crippen LogP contribution in [0.2, 0.25) is 0 Å². The molecule has 0 saturated heterocycles. The van der Waals surface area contributed by atoms with Gasteiger partial charge in [0.15, 0.2) is 0 Å². The molecule has 0 amide bonds. The van der Waals surface area contributed by atoms with E-state index >= 15 is 0 Å². The Morgan fingerprint density at radius 2 is 2.13 bits per heavy atom. The fourth-order valence-corrected chi connectivity index (χ4v) is 0.621. The summed E-state index contributed by atoms with van der Waals surface area (Å²) in [5.41, 5.74) is 0. The van der Waals surface area contributed by atoms with E-state index in [-0.39, 0.29) is 12.5 Å². The Hall–Kier alpha value is -0.580. The van der Waals surface area contributed by atoms with Crippen molar-refractivity contribution in [2.24, 2.45) is 0 Å². The molecule has 0 radical (unpaired) electrons. The number of nitrogens with one attached hydrogen (secondary N) is 1. The van der Waals surface area contributed by atoms with Crippen LogP contribution < -0.4 is 5.32 Å². The van der Waals surface area contributed by atoms with Crippen molar-refractivity contribution < 1.29 is 14.6 Å². The zero-order chi connectivity index (χ0) is 12.1. The molecule has 0 aromatic rings. The van der Waals surface area contributed by atoms with E-state index in [0.717, 1.165) is 19.2 Å². The van der Waals surface area contributed by atoms with Crippen LogP contribution in [0.15, 0.2) is 12.7 Å². The van der Waals surface area contributed by atoms with Gasteiger partial charge in [-0.15, -0.1) is 11.6 Å². The van der Waals surface area contributed by atoms with E-state index in [0.29, 0.717) is 0 Å². The molecule has 1 atom stereocenters. The molecule has 0 aromatic carbocycles. The first-order chi connectivity index (χ1) is 7.12. The molecule has 0 heterocycles. The first-order valence-electron chi connectivity index (χ1n) is 4.86. The lowest BCUT2D eigenvalue weighted by Gasteiger charge is -2.04. The van der Waals surface area contributed by atoms with Crippen LogP contribution in [0.25, 0.3) is 0 Å². The smallest absolute Gasteiger partial charge is 0.330 e. The van der Waals surface area contributed by atoms with E-state index in [9.17, 15) is 4.79 Å². The maximum Gasteiger partial charge on any atom is 0.330 e. The zero-order valence-corrected chi connectivity index (χ0v) is 10.1. The highest BCUT2D eigenvalue weighted by atomic mass is 35.5. The summed E-state index contributed by atoms with van der Waals surface area (Å²) < 4.78 is 4.45. The number of carbonyl (C=O) groups is 1. The molecule has 1 unspecified atom stereocenters. The number of hydrogen-bond donors (Lipinski definition) is 2. The van der Waals surface area contributed by atoms with Crippen LogP contribution in [0, 0.1) is 0 Å². The first kappa shape index (κ1) is 16.8. The maximum absolute atomic E-state index is 10.3. The Kier molecular flexibility index (Phi) is 15.1. The van der Waals surface area contributed by atoms with E-state index in [1.54, 1.807) is 0 Å². The molecule has 0 saturated carbocycles.